The number of rotatable bonds is 6. The lowest BCUT2D eigenvalue weighted by Gasteiger charge is -2.26. The monoisotopic (exact) mass is 316 g/mol. The van der Waals surface area contributed by atoms with Crippen molar-refractivity contribution in [3.63, 3.8) is 0 Å². The first-order valence-electron chi connectivity index (χ1n) is 8.05. The van der Waals surface area contributed by atoms with Crippen molar-refractivity contribution in [2.45, 2.75) is 37.6 Å². The zero-order valence-corrected chi connectivity index (χ0v) is 12.9. The molecule has 1 aromatic heterocycles. The fourth-order valence-corrected chi connectivity index (χ4v) is 2.78. The van der Waals surface area contributed by atoms with Crippen LogP contribution in [-0.4, -0.2) is 18.6 Å². The van der Waals surface area contributed by atoms with E-state index in [1.54, 1.807) is 18.4 Å². The fourth-order valence-electron chi connectivity index (χ4n) is 2.78. The van der Waals surface area contributed by atoms with Crippen LogP contribution in [0.2, 0.25) is 0 Å². The van der Waals surface area contributed by atoms with Crippen LogP contribution in [-0.2, 0) is 0 Å². The molecule has 1 saturated carbocycles. The molecular formula is C18H21FN2O2. The summed E-state index contributed by atoms with van der Waals surface area (Å²) in [7, 11) is 0. The SMILES string of the molecule is O=C(NCC[C@H](c1ccc(F)cc1)c1ccco1)NC1CCC1. The molecule has 1 heterocycles. The van der Waals surface area contributed by atoms with E-state index in [2.05, 4.69) is 10.6 Å². The quantitative estimate of drug-likeness (QED) is 0.852. The topological polar surface area (TPSA) is 54.3 Å². The van der Waals surface area contributed by atoms with E-state index in [1.165, 1.54) is 18.6 Å². The highest BCUT2D eigenvalue weighted by atomic mass is 19.1. The molecule has 2 N–H and O–H groups in total. The summed E-state index contributed by atoms with van der Waals surface area (Å²) in [6.07, 6.45) is 5.64. The molecular weight excluding hydrogens is 295 g/mol. The van der Waals surface area contributed by atoms with Gasteiger partial charge in [-0.3, -0.25) is 0 Å². The zero-order chi connectivity index (χ0) is 16.1. The van der Waals surface area contributed by atoms with Crippen LogP contribution in [0.1, 0.15) is 42.9 Å². The van der Waals surface area contributed by atoms with Crippen LogP contribution in [0.25, 0.3) is 0 Å². The number of halogens is 1. The lowest BCUT2D eigenvalue weighted by Crippen LogP contribution is -2.45. The number of urea groups is 1. The summed E-state index contributed by atoms with van der Waals surface area (Å²) in [4.78, 5) is 11.8. The summed E-state index contributed by atoms with van der Waals surface area (Å²) in [6, 6.07) is 10.4. The summed E-state index contributed by atoms with van der Waals surface area (Å²) in [5.74, 6) is 0.553. The largest absolute Gasteiger partial charge is 0.469 e. The molecule has 1 atom stereocenters. The van der Waals surface area contributed by atoms with E-state index in [9.17, 15) is 9.18 Å². The summed E-state index contributed by atoms with van der Waals surface area (Å²) < 4.78 is 18.6. The van der Waals surface area contributed by atoms with Crippen LogP contribution < -0.4 is 10.6 Å². The van der Waals surface area contributed by atoms with Crippen molar-refractivity contribution < 1.29 is 13.6 Å². The van der Waals surface area contributed by atoms with Crippen LogP contribution >= 0.6 is 0 Å². The maximum absolute atomic E-state index is 13.1. The normalized spacial score (nSPS) is 15.7. The first-order chi connectivity index (χ1) is 11.2. The number of carbonyl (C=O) groups excluding carboxylic acids is 1. The molecule has 3 rings (SSSR count). The molecule has 1 fully saturated rings. The van der Waals surface area contributed by atoms with E-state index in [-0.39, 0.29) is 17.8 Å². The summed E-state index contributed by atoms with van der Waals surface area (Å²) in [5.41, 5.74) is 0.975. The number of nitrogens with one attached hydrogen (secondary N) is 2. The van der Waals surface area contributed by atoms with Gasteiger partial charge in [0.2, 0.25) is 0 Å². The highest BCUT2D eigenvalue weighted by molar-refractivity contribution is 5.74. The Kier molecular flexibility index (Phi) is 4.95. The standard InChI is InChI=1S/C18H21FN2O2/c19-14-8-6-13(7-9-14)16(17-5-2-12-23-17)10-11-20-18(22)21-15-3-1-4-15/h2,5-9,12,15-16H,1,3-4,10-11H2,(H2,20,21,22)/t16-/m1/s1. The Hall–Kier alpha value is -2.30. The van der Waals surface area contributed by atoms with E-state index >= 15 is 0 Å². The number of carbonyl (C=O) groups is 1. The Bertz CT molecular complexity index is 621. The van der Waals surface area contributed by atoms with Gasteiger partial charge in [-0.05, 0) is 55.5 Å². The average molecular weight is 316 g/mol. The molecule has 2 amide bonds. The van der Waals surface area contributed by atoms with Gasteiger partial charge in [0.15, 0.2) is 0 Å². The third kappa shape index (κ3) is 4.12. The molecule has 1 aliphatic rings. The number of amides is 2. The Labute approximate surface area is 135 Å². The highest BCUT2D eigenvalue weighted by Gasteiger charge is 2.20. The average Bonchev–Trinajstić information content (AvgIpc) is 3.03. The maximum atomic E-state index is 13.1. The van der Waals surface area contributed by atoms with Crippen molar-refractivity contribution in [1.82, 2.24) is 10.6 Å². The molecule has 0 unspecified atom stereocenters. The summed E-state index contributed by atoms with van der Waals surface area (Å²) >= 11 is 0. The molecule has 0 saturated heterocycles. The third-order valence-electron chi connectivity index (χ3n) is 4.32. The molecule has 1 aromatic carbocycles. The zero-order valence-electron chi connectivity index (χ0n) is 12.9. The van der Waals surface area contributed by atoms with Gasteiger partial charge in [0.25, 0.3) is 0 Å². The van der Waals surface area contributed by atoms with E-state index in [0.29, 0.717) is 19.0 Å². The number of furan rings is 1. The maximum Gasteiger partial charge on any atom is 0.315 e. The Morgan fingerprint density at radius 2 is 2.04 bits per heavy atom. The minimum atomic E-state index is -0.259. The summed E-state index contributed by atoms with van der Waals surface area (Å²) in [5, 5.41) is 5.84. The smallest absolute Gasteiger partial charge is 0.315 e. The van der Waals surface area contributed by atoms with Crippen LogP contribution in [0.5, 0.6) is 0 Å². The van der Waals surface area contributed by atoms with Crippen molar-refractivity contribution in [3.8, 4) is 0 Å². The molecule has 2 aromatic rings. The molecule has 0 bridgehead atoms. The lowest BCUT2D eigenvalue weighted by atomic mass is 9.93. The third-order valence-corrected chi connectivity index (χ3v) is 4.32. The van der Waals surface area contributed by atoms with Crippen molar-refractivity contribution >= 4 is 6.03 Å². The van der Waals surface area contributed by atoms with E-state index in [4.69, 9.17) is 4.42 Å². The van der Waals surface area contributed by atoms with Crippen molar-refractivity contribution in [2.75, 3.05) is 6.54 Å². The van der Waals surface area contributed by atoms with Gasteiger partial charge in [0.05, 0.1) is 6.26 Å². The minimum absolute atomic E-state index is 0.00500. The first kappa shape index (κ1) is 15.6. The highest BCUT2D eigenvalue weighted by Crippen LogP contribution is 2.28. The predicted octanol–water partition coefficient (Wildman–Crippen LogP) is 3.79. The van der Waals surface area contributed by atoms with Gasteiger partial charge < -0.3 is 15.1 Å². The fraction of sp³-hybridized carbons (Fsp3) is 0.389. The van der Waals surface area contributed by atoms with E-state index in [0.717, 1.165) is 24.2 Å². The molecule has 0 spiro atoms. The second-order valence-electron chi connectivity index (χ2n) is 5.94. The van der Waals surface area contributed by atoms with Crippen LogP contribution in [0.4, 0.5) is 9.18 Å². The van der Waals surface area contributed by atoms with Crippen molar-refractivity contribution in [1.29, 1.82) is 0 Å². The second-order valence-corrected chi connectivity index (χ2v) is 5.94. The van der Waals surface area contributed by atoms with E-state index in [1.807, 2.05) is 12.1 Å². The van der Waals surface area contributed by atoms with Crippen molar-refractivity contribution in [2.24, 2.45) is 0 Å². The molecule has 1 aliphatic carbocycles. The number of hydrogen-bond acceptors (Lipinski definition) is 2. The molecule has 23 heavy (non-hydrogen) atoms. The predicted molar refractivity (Wildman–Crippen MR) is 85.7 cm³/mol. The van der Waals surface area contributed by atoms with Crippen LogP contribution in [0, 0.1) is 5.82 Å². The summed E-state index contributed by atoms with van der Waals surface area (Å²) in [6.45, 7) is 0.529. The number of benzene rings is 1. The van der Waals surface area contributed by atoms with Gasteiger partial charge in [0.1, 0.15) is 11.6 Å². The lowest BCUT2D eigenvalue weighted by molar-refractivity contribution is 0.228. The Morgan fingerprint density at radius 3 is 2.65 bits per heavy atom. The van der Waals surface area contributed by atoms with Gasteiger partial charge in [-0.2, -0.15) is 0 Å². The van der Waals surface area contributed by atoms with Crippen LogP contribution in [0.3, 0.4) is 0 Å². The van der Waals surface area contributed by atoms with Gasteiger partial charge >= 0.3 is 6.03 Å². The molecule has 5 heteroatoms. The second kappa shape index (κ2) is 7.31. The van der Waals surface area contributed by atoms with Gasteiger partial charge in [-0.25, -0.2) is 9.18 Å². The van der Waals surface area contributed by atoms with Crippen molar-refractivity contribution in [3.05, 3.63) is 59.8 Å². The van der Waals surface area contributed by atoms with Crippen LogP contribution in [0.15, 0.2) is 47.1 Å². The van der Waals surface area contributed by atoms with Gasteiger partial charge in [-0.15, -0.1) is 0 Å². The molecule has 122 valence electrons. The van der Waals surface area contributed by atoms with Gasteiger partial charge in [0, 0.05) is 18.5 Å². The molecule has 0 aliphatic heterocycles. The van der Waals surface area contributed by atoms with E-state index < -0.39 is 0 Å². The molecule has 4 nitrogen and oxygen atoms in total. The minimum Gasteiger partial charge on any atom is -0.469 e. The molecule has 0 radical (unpaired) electrons. The number of hydrogen-bond donors (Lipinski definition) is 2. The van der Waals surface area contributed by atoms with Gasteiger partial charge in [-0.1, -0.05) is 12.1 Å². The Balaban J connectivity index is 1.58. The first-order valence-corrected chi connectivity index (χ1v) is 8.05. The Morgan fingerprint density at radius 1 is 1.26 bits per heavy atom.